The van der Waals surface area contributed by atoms with Crippen molar-refractivity contribution < 1.29 is 8.85 Å². The van der Waals surface area contributed by atoms with Gasteiger partial charge in [-0.25, -0.2) is 0 Å². The molecule has 2 aromatic rings. The van der Waals surface area contributed by atoms with E-state index in [4.69, 9.17) is 20.5 Å². The Morgan fingerprint density at radius 1 is 0.677 bits per heavy atom. The summed E-state index contributed by atoms with van der Waals surface area (Å²) in [6, 6.07) is 20.9. The summed E-state index contributed by atoms with van der Waals surface area (Å²) in [4.78, 5) is 0. The largest absolute Gasteiger partial charge is 0.407 e. The summed E-state index contributed by atoms with van der Waals surface area (Å²) in [5.74, 6) is 0. The monoisotopic (exact) mass is 460 g/mol. The van der Waals surface area contributed by atoms with Gasteiger partial charge in [0.25, 0.3) is 0 Å². The molecular weight excluding hydrogens is 420 g/mol. The number of alkyl halides is 1. The minimum absolute atomic E-state index is 0.0553. The van der Waals surface area contributed by atoms with Crippen LogP contribution in [0.5, 0.6) is 0 Å². The molecule has 0 aliphatic heterocycles. The summed E-state index contributed by atoms with van der Waals surface area (Å²) in [7, 11) is -2.79. The normalized spacial score (nSPS) is 12.7. The first kappa shape index (κ1) is 26.1. The van der Waals surface area contributed by atoms with Crippen molar-refractivity contribution in [1.29, 1.82) is 0 Å². The molecular formula is C27H41ClO2Si. The van der Waals surface area contributed by atoms with Gasteiger partial charge in [-0.05, 0) is 23.7 Å². The van der Waals surface area contributed by atoms with Crippen molar-refractivity contribution in [2.24, 2.45) is 0 Å². The molecule has 0 bridgehead atoms. The van der Waals surface area contributed by atoms with E-state index in [0.29, 0.717) is 6.61 Å². The zero-order chi connectivity index (χ0) is 22.2. The van der Waals surface area contributed by atoms with Gasteiger partial charge in [-0.15, -0.1) is 11.6 Å². The van der Waals surface area contributed by atoms with E-state index in [1.54, 1.807) is 0 Å². The van der Waals surface area contributed by atoms with Gasteiger partial charge in [-0.3, -0.25) is 0 Å². The maximum atomic E-state index is 6.68. The van der Waals surface area contributed by atoms with E-state index >= 15 is 0 Å². The summed E-state index contributed by atoms with van der Waals surface area (Å²) in [5, 5.41) is 2.23. The van der Waals surface area contributed by atoms with Crippen LogP contribution in [-0.4, -0.2) is 27.2 Å². The Labute approximate surface area is 196 Å². The predicted octanol–water partition coefficient (Wildman–Crippen LogP) is 6.82. The molecule has 0 amide bonds. The van der Waals surface area contributed by atoms with Crippen LogP contribution < -0.4 is 10.4 Å². The number of hydrogen-bond acceptors (Lipinski definition) is 2. The maximum absolute atomic E-state index is 6.68. The Morgan fingerprint density at radius 2 is 1.13 bits per heavy atom. The molecule has 1 atom stereocenters. The molecule has 1 unspecified atom stereocenters. The average Bonchev–Trinajstić information content (AvgIpc) is 2.80. The predicted molar refractivity (Wildman–Crippen MR) is 137 cm³/mol. The van der Waals surface area contributed by atoms with Gasteiger partial charge in [0, 0.05) is 6.61 Å². The first-order chi connectivity index (χ1) is 15.2. The smallest absolute Gasteiger partial charge is 0.388 e. The zero-order valence-electron chi connectivity index (χ0n) is 19.5. The molecule has 0 spiro atoms. The van der Waals surface area contributed by atoms with Crippen LogP contribution in [0.15, 0.2) is 60.7 Å². The number of halogens is 1. The molecule has 4 heteroatoms. The molecule has 0 saturated heterocycles. The highest BCUT2D eigenvalue weighted by atomic mass is 35.5. The second-order valence-corrected chi connectivity index (χ2v) is 12.2. The molecule has 0 radical (unpaired) electrons. The molecule has 2 aromatic carbocycles. The minimum Gasteiger partial charge on any atom is -0.388 e. The van der Waals surface area contributed by atoms with Gasteiger partial charge >= 0.3 is 8.56 Å². The van der Waals surface area contributed by atoms with Crippen molar-refractivity contribution in [3.8, 4) is 0 Å². The fraction of sp³-hybridized carbons (Fsp3) is 0.556. The maximum Gasteiger partial charge on any atom is 0.407 e. The standard InChI is InChI=1S/C27H41ClO2Si/c1-3-4-5-6-7-8-9-10-11-18-23-29-31(30-24-25(2)28,26-19-14-12-15-20-26)27-21-16-13-17-22-27/h12-17,19-22,25H,3-11,18,23-24H2,1-2H3. The molecule has 0 saturated carbocycles. The topological polar surface area (TPSA) is 18.5 Å². The van der Waals surface area contributed by atoms with E-state index in [1.807, 2.05) is 19.1 Å². The summed E-state index contributed by atoms with van der Waals surface area (Å²) >= 11 is 6.27. The van der Waals surface area contributed by atoms with Gasteiger partial charge in [0.05, 0.1) is 12.0 Å². The summed E-state index contributed by atoms with van der Waals surface area (Å²) in [6.07, 6.45) is 13.2. The summed E-state index contributed by atoms with van der Waals surface area (Å²) in [6.45, 7) is 5.45. The Morgan fingerprint density at radius 3 is 1.58 bits per heavy atom. The van der Waals surface area contributed by atoms with Crippen LogP contribution in [-0.2, 0) is 8.85 Å². The van der Waals surface area contributed by atoms with Gasteiger partial charge < -0.3 is 8.85 Å². The quantitative estimate of drug-likeness (QED) is 0.146. The molecule has 172 valence electrons. The fourth-order valence-corrected chi connectivity index (χ4v) is 7.33. The molecule has 0 N–H and O–H groups in total. The van der Waals surface area contributed by atoms with E-state index in [1.165, 1.54) is 57.8 Å². The number of hydrogen-bond donors (Lipinski definition) is 0. The van der Waals surface area contributed by atoms with Crippen molar-refractivity contribution in [2.75, 3.05) is 13.2 Å². The second kappa shape index (κ2) is 15.6. The molecule has 0 fully saturated rings. The van der Waals surface area contributed by atoms with Crippen LogP contribution >= 0.6 is 11.6 Å². The van der Waals surface area contributed by atoms with Crippen LogP contribution in [0.4, 0.5) is 0 Å². The van der Waals surface area contributed by atoms with Gasteiger partial charge in [0.15, 0.2) is 0 Å². The first-order valence-electron chi connectivity index (χ1n) is 12.2. The third-order valence-electron chi connectivity index (χ3n) is 5.63. The number of unbranched alkanes of at least 4 members (excludes halogenated alkanes) is 9. The van der Waals surface area contributed by atoms with Crippen LogP contribution in [0.3, 0.4) is 0 Å². The third kappa shape index (κ3) is 9.49. The SMILES string of the molecule is CCCCCCCCCCCCO[Si](OCC(C)Cl)(c1ccccc1)c1ccccc1. The Kier molecular flexibility index (Phi) is 13.2. The zero-order valence-corrected chi connectivity index (χ0v) is 21.3. The highest BCUT2D eigenvalue weighted by Crippen LogP contribution is 2.15. The van der Waals surface area contributed by atoms with E-state index in [9.17, 15) is 0 Å². The summed E-state index contributed by atoms with van der Waals surface area (Å²) in [5.41, 5.74) is 0. The molecule has 0 aliphatic carbocycles. The lowest BCUT2D eigenvalue weighted by Crippen LogP contribution is -2.64. The van der Waals surface area contributed by atoms with Crippen LogP contribution in [0.1, 0.15) is 78.1 Å². The van der Waals surface area contributed by atoms with Crippen molar-refractivity contribution >= 4 is 30.5 Å². The number of benzene rings is 2. The molecule has 0 aliphatic rings. The lowest BCUT2D eigenvalue weighted by Gasteiger charge is -2.32. The Balaban J connectivity index is 1.92. The van der Waals surface area contributed by atoms with E-state index in [0.717, 1.165) is 23.4 Å². The Hall–Kier alpha value is -1.13. The van der Waals surface area contributed by atoms with Crippen molar-refractivity contribution in [3.05, 3.63) is 60.7 Å². The van der Waals surface area contributed by atoms with Crippen LogP contribution in [0, 0.1) is 0 Å². The van der Waals surface area contributed by atoms with Crippen molar-refractivity contribution in [2.45, 2.75) is 83.4 Å². The Bertz CT molecular complexity index is 639. The van der Waals surface area contributed by atoms with E-state index < -0.39 is 8.56 Å². The molecule has 2 nitrogen and oxygen atoms in total. The lowest BCUT2D eigenvalue weighted by atomic mass is 10.1. The summed E-state index contributed by atoms with van der Waals surface area (Å²) < 4.78 is 13.2. The molecule has 0 heterocycles. The molecule has 31 heavy (non-hydrogen) atoms. The fourth-order valence-electron chi connectivity index (χ4n) is 3.89. The van der Waals surface area contributed by atoms with E-state index in [-0.39, 0.29) is 5.38 Å². The first-order valence-corrected chi connectivity index (χ1v) is 14.5. The lowest BCUT2D eigenvalue weighted by molar-refractivity contribution is 0.189. The van der Waals surface area contributed by atoms with Gasteiger partial charge in [0.1, 0.15) is 0 Å². The van der Waals surface area contributed by atoms with Gasteiger partial charge in [-0.2, -0.15) is 0 Å². The highest BCUT2D eigenvalue weighted by Gasteiger charge is 2.42. The molecule has 0 aromatic heterocycles. The van der Waals surface area contributed by atoms with Crippen molar-refractivity contribution in [1.82, 2.24) is 0 Å². The number of rotatable bonds is 17. The van der Waals surface area contributed by atoms with Crippen LogP contribution in [0.25, 0.3) is 0 Å². The minimum atomic E-state index is -2.79. The second-order valence-electron chi connectivity index (χ2n) is 8.47. The molecule has 2 rings (SSSR count). The average molecular weight is 461 g/mol. The third-order valence-corrected chi connectivity index (χ3v) is 9.12. The van der Waals surface area contributed by atoms with Crippen LogP contribution in [0.2, 0.25) is 0 Å². The van der Waals surface area contributed by atoms with E-state index in [2.05, 4.69) is 55.5 Å². The van der Waals surface area contributed by atoms with Gasteiger partial charge in [0.2, 0.25) is 0 Å². The van der Waals surface area contributed by atoms with Gasteiger partial charge in [-0.1, -0.05) is 125 Å². The van der Waals surface area contributed by atoms with Crippen molar-refractivity contribution in [3.63, 3.8) is 0 Å². The highest BCUT2D eigenvalue weighted by molar-refractivity contribution is 6.92.